The number of benzene rings is 3. The van der Waals surface area contributed by atoms with Crippen molar-refractivity contribution in [2.24, 2.45) is 0 Å². The van der Waals surface area contributed by atoms with Gasteiger partial charge in [0, 0.05) is 5.41 Å². The summed E-state index contributed by atoms with van der Waals surface area (Å²) in [6.07, 6.45) is 13.7. The van der Waals surface area contributed by atoms with Gasteiger partial charge >= 0.3 is 76.7 Å². The van der Waals surface area contributed by atoms with Crippen LogP contribution in [0.5, 0.6) is 0 Å². The molecule has 7 rings (SSSR count). The number of rotatable bonds is 3. The maximum atomic E-state index is 3.50. The molecule has 4 aromatic carbocycles. The van der Waals surface area contributed by atoms with Crippen LogP contribution in [-0.2, 0) is 53.3 Å². The Morgan fingerprint density at radius 2 is 1.46 bits per heavy atom. The minimum atomic E-state index is 0. The van der Waals surface area contributed by atoms with Crippen LogP contribution in [0.1, 0.15) is 119 Å². The van der Waals surface area contributed by atoms with E-state index in [1.54, 1.807) is 3.21 Å². The summed E-state index contributed by atoms with van der Waals surface area (Å²) in [7, 11) is 0. The first kappa shape index (κ1) is 38.3. The van der Waals surface area contributed by atoms with E-state index in [0.717, 1.165) is 12.8 Å². The van der Waals surface area contributed by atoms with Gasteiger partial charge in [-0.3, -0.25) is 6.08 Å². The summed E-state index contributed by atoms with van der Waals surface area (Å²) < 4.78 is 1.55. The van der Waals surface area contributed by atoms with Crippen molar-refractivity contribution in [3.05, 3.63) is 135 Å². The van der Waals surface area contributed by atoms with Gasteiger partial charge in [-0.25, -0.2) is 12.1 Å². The van der Waals surface area contributed by atoms with E-state index < -0.39 is 0 Å². The molecule has 0 saturated carbocycles. The van der Waals surface area contributed by atoms with Gasteiger partial charge in [-0.1, -0.05) is 96.9 Å². The van der Waals surface area contributed by atoms with Gasteiger partial charge in [-0.15, -0.1) is 11.6 Å². The third-order valence-corrected chi connectivity index (χ3v) is 11.0. The second-order valence-electron chi connectivity index (χ2n) is 14.6. The normalized spacial score (nSPS) is 15.1. The van der Waals surface area contributed by atoms with Gasteiger partial charge in [0.2, 0.25) is 0 Å². The molecular formula is C43H48Cl2Zr-2. The maximum Gasteiger partial charge on any atom is -0.0543 e. The van der Waals surface area contributed by atoms with E-state index in [0.29, 0.717) is 5.41 Å². The molecule has 0 unspecified atom stereocenters. The van der Waals surface area contributed by atoms with Crippen molar-refractivity contribution in [2.45, 2.75) is 97.8 Å². The smallest absolute Gasteiger partial charge is 0.0543 e. The van der Waals surface area contributed by atoms with Gasteiger partial charge in [-0.2, -0.15) is 28.8 Å². The molecule has 46 heavy (non-hydrogen) atoms. The van der Waals surface area contributed by atoms with Crippen LogP contribution in [0.25, 0.3) is 23.3 Å². The van der Waals surface area contributed by atoms with Crippen molar-refractivity contribution >= 4 is 15.4 Å². The maximum absolute atomic E-state index is 3.50. The monoisotopic (exact) mass is 724 g/mol. The second-order valence-corrected chi connectivity index (χ2v) is 16.1. The quantitative estimate of drug-likeness (QED) is 0.227. The number of halogens is 2. The summed E-state index contributed by atoms with van der Waals surface area (Å²) >= 11 is 1.54. The molecule has 3 aliphatic rings. The van der Waals surface area contributed by atoms with E-state index in [1.807, 2.05) is 0 Å². The summed E-state index contributed by atoms with van der Waals surface area (Å²) in [4.78, 5) is 0. The average molecular weight is 727 g/mol. The molecule has 240 valence electrons. The molecule has 0 spiro atoms. The van der Waals surface area contributed by atoms with Crippen LogP contribution in [0.4, 0.5) is 0 Å². The fourth-order valence-corrected chi connectivity index (χ4v) is 6.83. The molecule has 0 saturated heterocycles. The van der Waals surface area contributed by atoms with Gasteiger partial charge in [0.15, 0.2) is 0 Å². The number of fused-ring (bicyclic) bond motifs is 5. The molecule has 0 amide bonds. The molecule has 0 N–H and O–H groups in total. The van der Waals surface area contributed by atoms with Gasteiger partial charge < -0.3 is 24.8 Å². The summed E-state index contributed by atoms with van der Waals surface area (Å²) in [5.41, 5.74) is 16.3. The summed E-state index contributed by atoms with van der Waals surface area (Å²) in [5.74, 6) is 0. The number of hydrogen-bond acceptors (Lipinski definition) is 0. The Hall–Kier alpha value is -2.18. The third kappa shape index (κ3) is 8.09. The second kappa shape index (κ2) is 14.9. The summed E-state index contributed by atoms with van der Waals surface area (Å²) in [5, 5.41) is 0. The predicted molar refractivity (Wildman–Crippen MR) is 188 cm³/mol. The van der Waals surface area contributed by atoms with Crippen LogP contribution in [0.3, 0.4) is 0 Å². The fourth-order valence-electron chi connectivity index (χ4n) is 6.42. The molecule has 0 aromatic heterocycles. The largest absolute Gasteiger partial charge is 1.00 e. The molecule has 0 heterocycles. The van der Waals surface area contributed by atoms with E-state index in [1.165, 1.54) is 91.9 Å². The number of hydrogen-bond donors (Lipinski definition) is 0. The Morgan fingerprint density at radius 3 is 2.00 bits per heavy atom. The first-order chi connectivity index (χ1) is 20.7. The Morgan fingerprint density at radius 1 is 0.848 bits per heavy atom. The van der Waals surface area contributed by atoms with Crippen LogP contribution in [-0.4, -0.2) is 3.21 Å². The Labute approximate surface area is 306 Å². The Balaban J connectivity index is 0.000000212. The van der Waals surface area contributed by atoms with Crippen molar-refractivity contribution in [3.63, 3.8) is 0 Å². The predicted octanol–water partition coefficient (Wildman–Crippen LogP) is 5.11. The zero-order chi connectivity index (χ0) is 31.9. The molecule has 3 heteroatoms. The Kier molecular flexibility index (Phi) is 12.4. The third-order valence-electron chi connectivity index (χ3n) is 9.43. The van der Waals surface area contributed by atoms with Crippen molar-refractivity contribution < 1.29 is 49.0 Å². The standard InChI is InChI=1S/C23H21.C11H17.C9H10.2ClH.Zr/c1-22(2)7-5-14-10-18-16(12-20(14)22)9-17-13-21-15(11-19(17)18)6-8-23(21,3)4;1-5-9-6-7-10(8-9)11(2,3)4;1-2-6-9-7-4-3-5-8-9;;;/h5-7,10-13H,9H2,1-4H3;6-8H,5H2,1-4H3;3-5,7-8H,2H2,1H3;2*1H;/q2*-1;;;;+2/p-2. The van der Waals surface area contributed by atoms with Gasteiger partial charge in [0.1, 0.15) is 0 Å². The van der Waals surface area contributed by atoms with Crippen molar-refractivity contribution in [2.75, 3.05) is 0 Å². The van der Waals surface area contributed by atoms with Crippen molar-refractivity contribution in [3.8, 4) is 11.1 Å². The van der Waals surface area contributed by atoms with E-state index in [-0.39, 0.29) is 35.6 Å². The van der Waals surface area contributed by atoms with Crippen LogP contribution in [0.2, 0.25) is 0 Å². The number of aryl methyl sites for hydroxylation is 1. The van der Waals surface area contributed by atoms with E-state index in [4.69, 9.17) is 0 Å². The van der Waals surface area contributed by atoms with Crippen LogP contribution >= 0.6 is 0 Å². The SMILES string of the molecule is CC1(C)[C-]=Cc2cc3c(cc21)Cc1cc2c(cc1-3)C=CC2(C)C.CC[C](=[Zr+2])c1ccccc1.CCc1cc(C(C)(C)C)c[cH-]1.[Cl-].[Cl-]. The number of allylic oxidation sites excluding steroid dienone is 2. The zero-order valence-electron chi connectivity index (χ0n) is 29.0. The zero-order valence-corrected chi connectivity index (χ0v) is 33.0. The summed E-state index contributed by atoms with van der Waals surface area (Å²) in [6.45, 7) is 20.3. The first-order valence-corrected chi connectivity index (χ1v) is 17.5. The minimum absolute atomic E-state index is 0. The topological polar surface area (TPSA) is 0 Å². The minimum Gasteiger partial charge on any atom is -1.00 e. The molecule has 3 aliphatic carbocycles. The van der Waals surface area contributed by atoms with E-state index >= 15 is 0 Å². The van der Waals surface area contributed by atoms with E-state index in [9.17, 15) is 0 Å². The van der Waals surface area contributed by atoms with Crippen molar-refractivity contribution in [1.29, 1.82) is 0 Å². The van der Waals surface area contributed by atoms with Crippen LogP contribution < -0.4 is 24.8 Å². The van der Waals surface area contributed by atoms with Gasteiger partial charge in [0.05, 0.1) is 0 Å². The van der Waals surface area contributed by atoms with Gasteiger partial charge in [-0.05, 0) is 45.9 Å². The average Bonchev–Trinajstić information content (AvgIpc) is 3.76. The van der Waals surface area contributed by atoms with Crippen LogP contribution in [0, 0.1) is 6.08 Å². The molecule has 0 aliphatic heterocycles. The fraction of sp³-hybridized carbons (Fsp3) is 0.349. The molecule has 0 fully saturated rings. The molecule has 0 bridgehead atoms. The van der Waals surface area contributed by atoms with Crippen molar-refractivity contribution in [1.82, 2.24) is 0 Å². The van der Waals surface area contributed by atoms with Gasteiger partial charge in [0.25, 0.3) is 0 Å². The Bertz CT molecular complexity index is 1660. The molecule has 0 atom stereocenters. The van der Waals surface area contributed by atoms with E-state index in [2.05, 4.69) is 159 Å². The molecule has 0 nitrogen and oxygen atoms in total. The van der Waals surface area contributed by atoms with Crippen LogP contribution in [0.15, 0.2) is 78.9 Å². The molecular weight excluding hydrogens is 679 g/mol. The molecule has 0 radical (unpaired) electrons. The first-order valence-electron chi connectivity index (χ1n) is 16.3. The molecule has 4 aromatic rings. The summed E-state index contributed by atoms with van der Waals surface area (Å²) in [6, 6.07) is 27.0.